The van der Waals surface area contributed by atoms with E-state index in [1.54, 1.807) is 0 Å². The quantitative estimate of drug-likeness (QED) is 0.547. The fourth-order valence-corrected chi connectivity index (χ4v) is 2.87. The number of carbonyl (C=O) groups excluding carboxylic acids is 1. The van der Waals surface area contributed by atoms with Crippen LogP contribution in [0.15, 0.2) is 53.5 Å². The van der Waals surface area contributed by atoms with Crippen LogP contribution < -0.4 is 16.0 Å². The number of hydrogen-bond acceptors (Lipinski definition) is 4. The Hall–Kier alpha value is -3.82. The van der Waals surface area contributed by atoms with E-state index in [1.165, 1.54) is 6.07 Å². The molecule has 3 aromatic rings. The first-order valence-electron chi connectivity index (χ1n) is 8.41. The molecule has 30 heavy (non-hydrogen) atoms. The van der Waals surface area contributed by atoms with Gasteiger partial charge < -0.3 is 20.6 Å². The molecule has 0 aliphatic heterocycles. The van der Waals surface area contributed by atoms with Crippen molar-refractivity contribution in [3.63, 3.8) is 0 Å². The fourth-order valence-electron chi connectivity index (χ4n) is 2.87. The van der Waals surface area contributed by atoms with Crippen LogP contribution in [0, 0.1) is 5.82 Å². The lowest BCUT2D eigenvalue weighted by molar-refractivity contribution is -0.137. The Labute approximate surface area is 166 Å². The van der Waals surface area contributed by atoms with Gasteiger partial charge in [0.2, 0.25) is 5.56 Å². The molecule has 0 fully saturated rings. The highest BCUT2D eigenvalue weighted by Gasteiger charge is 2.36. The summed E-state index contributed by atoms with van der Waals surface area (Å²) in [5, 5.41) is 9.83. The van der Waals surface area contributed by atoms with E-state index in [9.17, 15) is 32.3 Å². The minimum absolute atomic E-state index is 0.0697. The van der Waals surface area contributed by atoms with Crippen molar-refractivity contribution in [2.75, 3.05) is 0 Å². The van der Waals surface area contributed by atoms with Crippen molar-refractivity contribution < 1.29 is 32.2 Å². The number of H-pyrrole nitrogens is 1. The number of phenols is 1. The number of hydrogen-bond donors (Lipinski definition) is 3. The molecule has 0 bridgehead atoms. The normalized spacial score (nSPS) is 11.3. The molecule has 2 aromatic carbocycles. The Kier molecular flexibility index (Phi) is 5.50. The smallest absolute Gasteiger partial charge is 0.417 e. The zero-order valence-corrected chi connectivity index (χ0v) is 15.1. The number of nitrogens with two attached hydrogens (primary N) is 1. The fraction of sp³-hybridized carbons (Fsp3) is 0.100. The van der Waals surface area contributed by atoms with E-state index in [-0.39, 0.29) is 22.4 Å². The Balaban J connectivity index is 2.23. The lowest BCUT2D eigenvalue weighted by Crippen LogP contribution is -2.17. The second kappa shape index (κ2) is 7.90. The number of aromatic hydroxyl groups is 1. The molecule has 0 aliphatic carbocycles. The van der Waals surface area contributed by atoms with Gasteiger partial charge in [-0.1, -0.05) is 0 Å². The molecule has 1 heterocycles. The van der Waals surface area contributed by atoms with E-state index in [0.717, 1.165) is 36.5 Å². The van der Waals surface area contributed by atoms with Crippen molar-refractivity contribution in [2.24, 2.45) is 5.73 Å². The van der Waals surface area contributed by atoms with E-state index in [4.69, 9.17) is 10.5 Å². The van der Waals surface area contributed by atoms with Crippen LogP contribution in [0.5, 0.6) is 11.5 Å². The largest absolute Gasteiger partial charge is 0.508 e. The number of aromatic amines is 1. The highest BCUT2D eigenvalue weighted by Crippen LogP contribution is 2.44. The molecule has 10 heteroatoms. The third-order valence-electron chi connectivity index (χ3n) is 4.21. The Bertz CT molecular complexity index is 1170. The highest BCUT2D eigenvalue weighted by atomic mass is 19.4. The van der Waals surface area contributed by atoms with Crippen LogP contribution in [-0.4, -0.2) is 16.0 Å². The number of nitrogens with one attached hydrogen (secondary N) is 1. The van der Waals surface area contributed by atoms with Gasteiger partial charge in [-0.2, -0.15) is 13.2 Å². The predicted octanol–water partition coefficient (Wildman–Crippen LogP) is 3.58. The summed E-state index contributed by atoms with van der Waals surface area (Å²) in [6.07, 6.45) is -3.72. The summed E-state index contributed by atoms with van der Waals surface area (Å²) in [4.78, 5) is 25.8. The SMILES string of the molecule is NC(=O)c1ccc(C(F)(F)F)c(-c2cc[nH]c(=O)c2)c1OCc1cc(F)ccc1O. The Morgan fingerprint density at radius 1 is 1.13 bits per heavy atom. The Morgan fingerprint density at radius 3 is 2.50 bits per heavy atom. The maximum atomic E-state index is 13.7. The van der Waals surface area contributed by atoms with E-state index >= 15 is 0 Å². The summed E-state index contributed by atoms with van der Waals surface area (Å²) in [5.41, 5.74) is 2.24. The molecule has 4 N–H and O–H groups in total. The zero-order chi connectivity index (χ0) is 22.1. The predicted molar refractivity (Wildman–Crippen MR) is 98.4 cm³/mol. The average molecular weight is 422 g/mol. The molecule has 0 unspecified atom stereocenters. The van der Waals surface area contributed by atoms with E-state index < -0.39 is 46.9 Å². The minimum Gasteiger partial charge on any atom is -0.508 e. The number of primary amides is 1. The number of benzene rings is 2. The maximum absolute atomic E-state index is 13.7. The molecule has 1 aromatic heterocycles. The van der Waals surface area contributed by atoms with Gasteiger partial charge in [0.1, 0.15) is 23.9 Å². The van der Waals surface area contributed by atoms with E-state index in [2.05, 4.69) is 4.98 Å². The number of carbonyl (C=O) groups is 1. The molecular formula is C20H14F4N2O4. The van der Waals surface area contributed by atoms with Crippen LogP contribution in [0.4, 0.5) is 17.6 Å². The summed E-state index contributed by atoms with van der Waals surface area (Å²) in [6.45, 7) is -0.568. The van der Waals surface area contributed by atoms with Crippen LogP contribution in [0.1, 0.15) is 21.5 Å². The summed E-state index contributed by atoms with van der Waals surface area (Å²) in [6, 6.07) is 6.57. The minimum atomic E-state index is -4.85. The van der Waals surface area contributed by atoms with Gasteiger partial charge in [-0.15, -0.1) is 0 Å². The molecule has 0 saturated carbocycles. The van der Waals surface area contributed by atoms with Crippen molar-refractivity contribution in [3.05, 3.63) is 81.5 Å². The number of rotatable bonds is 5. The van der Waals surface area contributed by atoms with Crippen molar-refractivity contribution in [1.29, 1.82) is 0 Å². The molecule has 6 nitrogen and oxygen atoms in total. The molecule has 0 radical (unpaired) electrons. The summed E-state index contributed by atoms with van der Waals surface area (Å²) in [5.74, 6) is -2.69. The van der Waals surface area contributed by atoms with Gasteiger partial charge in [0, 0.05) is 23.4 Å². The third-order valence-corrected chi connectivity index (χ3v) is 4.21. The first-order chi connectivity index (χ1) is 14.1. The monoisotopic (exact) mass is 422 g/mol. The third kappa shape index (κ3) is 4.27. The van der Waals surface area contributed by atoms with Gasteiger partial charge in [0.05, 0.1) is 11.1 Å². The molecular weight excluding hydrogens is 408 g/mol. The van der Waals surface area contributed by atoms with Gasteiger partial charge in [-0.05, 0) is 42.0 Å². The first kappa shape index (κ1) is 20.9. The topological polar surface area (TPSA) is 105 Å². The van der Waals surface area contributed by atoms with Crippen molar-refractivity contribution in [1.82, 2.24) is 4.98 Å². The molecule has 0 saturated heterocycles. The number of aromatic nitrogens is 1. The number of halogens is 4. The first-order valence-corrected chi connectivity index (χ1v) is 8.41. The van der Waals surface area contributed by atoms with E-state index in [1.807, 2.05) is 0 Å². The summed E-state index contributed by atoms with van der Waals surface area (Å²) in [7, 11) is 0. The number of pyridine rings is 1. The number of ether oxygens (including phenoxy) is 1. The van der Waals surface area contributed by atoms with Gasteiger partial charge in [-0.3, -0.25) is 9.59 Å². The van der Waals surface area contributed by atoms with Gasteiger partial charge in [-0.25, -0.2) is 4.39 Å². The molecule has 156 valence electrons. The summed E-state index contributed by atoms with van der Waals surface area (Å²) >= 11 is 0. The van der Waals surface area contributed by atoms with Crippen LogP contribution in [-0.2, 0) is 12.8 Å². The maximum Gasteiger partial charge on any atom is 0.417 e. The average Bonchev–Trinajstić information content (AvgIpc) is 2.67. The molecule has 0 aliphatic rings. The second-order valence-electron chi connectivity index (χ2n) is 6.23. The Morgan fingerprint density at radius 2 is 1.87 bits per heavy atom. The standard InChI is InChI=1S/C20H14F4N2O4/c21-12-1-4-15(27)11(7-12)9-30-18-13(19(25)29)2-3-14(20(22,23)24)17(18)10-5-6-26-16(28)8-10/h1-8,27H,9H2,(H2,25,29)(H,26,28). The van der Waals surface area contributed by atoms with Crippen molar-refractivity contribution >= 4 is 5.91 Å². The molecule has 0 atom stereocenters. The van der Waals surface area contributed by atoms with Gasteiger partial charge in [0.15, 0.2) is 0 Å². The van der Waals surface area contributed by atoms with Crippen LogP contribution in [0.25, 0.3) is 11.1 Å². The van der Waals surface area contributed by atoms with Crippen LogP contribution in [0.2, 0.25) is 0 Å². The van der Waals surface area contributed by atoms with Crippen LogP contribution in [0.3, 0.4) is 0 Å². The second-order valence-corrected chi connectivity index (χ2v) is 6.23. The summed E-state index contributed by atoms with van der Waals surface area (Å²) < 4.78 is 59.9. The van der Waals surface area contributed by atoms with E-state index in [0.29, 0.717) is 6.07 Å². The van der Waals surface area contributed by atoms with Crippen molar-refractivity contribution in [2.45, 2.75) is 12.8 Å². The lowest BCUT2D eigenvalue weighted by atomic mass is 9.95. The lowest BCUT2D eigenvalue weighted by Gasteiger charge is -2.20. The number of amides is 1. The molecule has 0 spiro atoms. The molecule has 1 amide bonds. The van der Waals surface area contributed by atoms with Crippen molar-refractivity contribution in [3.8, 4) is 22.6 Å². The van der Waals surface area contributed by atoms with Gasteiger partial charge in [0.25, 0.3) is 5.91 Å². The zero-order valence-electron chi connectivity index (χ0n) is 15.1. The van der Waals surface area contributed by atoms with Gasteiger partial charge >= 0.3 is 6.18 Å². The highest BCUT2D eigenvalue weighted by molar-refractivity contribution is 5.99. The number of alkyl halides is 3. The number of phenolic OH excluding ortho intramolecular Hbond substituents is 1. The van der Waals surface area contributed by atoms with Crippen LogP contribution >= 0.6 is 0 Å². The molecule has 3 rings (SSSR count).